The molecule has 0 atom stereocenters. The fourth-order valence-corrected chi connectivity index (χ4v) is 3.85. The molecule has 2 N–H and O–H groups in total. The predicted molar refractivity (Wildman–Crippen MR) is 120 cm³/mol. The Balaban J connectivity index is 2.39. The highest BCUT2D eigenvalue weighted by Gasteiger charge is 2.73. The summed E-state index contributed by atoms with van der Waals surface area (Å²) < 4.78 is 92.9. The standard InChI is InChI=1S/C22H20F7IN2O2/c1-3-4-10-31-19(34)17-14(6-5-7-15(17)30)18(33)32-16-9-8-13(11-12(16)2)20(23,21(24,25)26)22(27,28)29/h5-9,11H,3-4,10H2,1-2H3,(H,31,34)(H,32,33). The molecule has 2 aromatic rings. The van der Waals surface area contributed by atoms with Gasteiger partial charge in [0.1, 0.15) is 0 Å². The largest absolute Gasteiger partial charge is 0.435 e. The Labute approximate surface area is 204 Å². The quantitative estimate of drug-likeness (QED) is 0.211. The molecule has 0 radical (unpaired) electrons. The Hall–Kier alpha value is -2.38. The number of amides is 2. The van der Waals surface area contributed by atoms with Crippen LogP contribution in [-0.4, -0.2) is 30.7 Å². The van der Waals surface area contributed by atoms with E-state index in [0.717, 1.165) is 19.4 Å². The topological polar surface area (TPSA) is 58.2 Å². The van der Waals surface area contributed by atoms with Crippen molar-refractivity contribution in [3.63, 3.8) is 0 Å². The zero-order valence-electron chi connectivity index (χ0n) is 17.9. The van der Waals surface area contributed by atoms with Gasteiger partial charge in [0.15, 0.2) is 0 Å². The first kappa shape index (κ1) is 27.9. The van der Waals surface area contributed by atoms with Crippen molar-refractivity contribution >= 4 is 40.1 Å². The first-order chi connectivity index (χ1) is 15.6. The number of carbonyl (C=O) groups is 2. The fraction of sp³-hybridized carbons (Fsp3) is 0.364. The smallest absolute Gasteiger partial charge is 0.352 e. The van der Waals surface area contributed by atoms with E-state index in [-0.39, 0.29) is 22.4 Å². The van der Waals surface area contributed by atoms with Crippen LogP contribution in [0.15, 0.2) is 36.4 Å². The molecule has 2 aromatic carbocycles. The van der Waals surface area contributed by atoms with E-state index in [1.165, 1.54) is 12.1 Å². The summed E-state index contributed by atoms with van der Waals surface area (Å²) in [6.45, 7) is 3.44. The van der Waals surface area contributed by atoms with Crippen LogP contribution in [-0.2, 0) is 5.67 Å². The van der Waals surface area contributed by atoms with Crippen molar-refractivity contribution in [3.05, 3.63) is 62.2 Å². The second-order valence-corrected chi connectivity index (χ2v) is 8.57. The Morgan fingerprint density at radius 1 is 0.941 bits per heavy atom. The highest BCUT2D eigenvalue weighted by molar-refractivity contribution is 14.1. The molecular formula is C22H20F7IN2O2. The third-order valence-electron chi connectivity index (χ3n) is 4.95. The van der Waals surface area contributed by atoms with Crippen molar-refractivity contribution in [1.29, 1.82) is 0 Å². The van der Waals surface area contributed by atoms with Gasteiger partial charge in [0.25, 0.3) is 11.8 Å². The van der Waals surface area contributed by atoms with Gasteiger partial charge in [0.2, 0.25) is 0 Å². The summed E-state index contributed by atoms with van der Waals surface area (Å²) in [6.07, 6.45) is -10.9. The van der Waals surface area contributed by atoms with Crippen LogP contribution in [0, 0.1) is 10.5 Å². The van der Waals surface area contributed by atoms with Crippen LogP contribution in [0.25, 0.3) is 0 Å². The first-order valence-corrected chi connectivity index (χ1v) is 11.0. The van der Waals surface area contributed by atoms with E-state index in [4.69, 9.17) is 0 Å². The number of unbranched alkanes of at least 4 members (excludes halogenated alkanes) is 1. The summed E-state index contributed by atoms with van der Waals surface area (Å²) >= 11 is 1.87. The van der Waals surface area contributed by atoms with Crippen molar-refractivity contribution in [2.75, 3.05) is 11.9 Å². The second kappa shape index (κ2) is 10.5. The highest BCUT2D eigenvalue weighted by Crippen LogP contribution is 2.53. The molecule has 0 bridgehead atoms. The molecule has 0 aliphatic heterocycles. The van der Waals surface area contributed by atoms with E-state index in [1.54, 1.807) is 6.07 Å². The maximum absolute atomic E-state index is 14.3. The average Bonchev–Trinajstić information content (AvgIpc) is 2.72. The van der Waals surface area contributed by atoms with Gasteiger partial charge in [-0.15, -0.1) is 0 Å². The Kier molecular flexibility index (Phi) is 8.59. The minimum atomic E-state index is -6.25. The summed E-state index contributed by atoms with van der Waals surface area (Å²) in [4.78, 5) is 25.4. The molecule has 0 heterocycles. The third kappa shape index (κ3) is 5.63. The van der Waals surface area contributed by atoms with Gasteiger partial charge in [-0.25, -0.2) is 4.39 Å². The van der Waals surface area contributed by atoms with Crippen molar-refractivity contribution in [3.8, 4) is 0 Å². The maximum atomic E-state index is 14.3. The molecule has 2 amide bonds. The number of benzene rings is 2. The SMILES string of the molecule is CCCCNC(=O)c1c(I)cccc1C(=O)Nc1ccc(C(F)(C(F)(F)F)C(F)(F)F)cc1C. The zero-order chi connectivity index (χ0) is 25.9. The minimum absolute atomic E-state index is 0.0465. The number of alkyl halides is 7. The van der Waals surface area contributed by atoms with E-state index in [9.17, 15) is 40.3 Å². The molecular weight excluding hydrogens is 584 g/mol. The lowest BCUT2D eigenvalue weighted by atomic mass is 9.92. The van der Waals surface area contributed by atoms with E-state index < -0.39 is 35.4 Å². The number of hydrogen-bond acceptors (Lipinski definition) is 2. The molecule has 0 spiro atoms. The Morgan fingerprint density at radius 2 is 1.56 bits per heavy atom. The fourth-order valence-electron chi connectivity index (χ4n) is 3.11. The predicted octanol–water partition coefficient (Wildman–Crippen LogP) is 6.67. The van der Waals surface area contributed by atoms with Gasteiger partial charge >= 0.3 is 18.0 Å². The highest BCUT2D eigenvalue weighted by atomic mass is 127. The molecule has 0 aliphatic carbocycles. The summed E-state index contributed by atoms with van der Waals surface area (Å²) in [7, 11) is 0. The van der Waals surface area contributed by atoms with Crippen LogP contribution in [0.3, 0.4) is 0 Å². The summed E-state index contributed by atoms with van der Waals surface area (Å²) in [5, 5.41) is 5.05. The van der Waals surface area contributed by atoms with E-state index >= 15 is 0 Å². The Bertz CT molecular complexity index is 1050. The maximum Gasteiger partial charge on any atom is 0.435 e. The van der Waals surface area contributed by atoms with Crippen molar-refractivity contribution in [2.24, 2.45) is 0 Å². The number of rotatable bonds is 7. The van der Waals surface area contributed by atoms with Gasteiger partial charge in [-0.2, -0.15) is 26.3 Å². The molecule has 34 heavy (non-hydrogen) atoms. The zero-order valence-corrected chi connectivity index (χ0v) is 20.1. The van der Waals surface area contributed by atoms with Gasteiger partial charge in [0.05, 0.1) is 11.1 Å². The number of aryl methyl sites for hydroxylation is 1. The van der Waals surface area contributed by atoms with Gasteiger partial charge in [-0.05, 0) is 59.7 Å². The van der Waals surface area contributed by atoms with Gasteiger partial charge in [0, 0.05) is 21.4 Å². The van der Waals surface area contributed by atoms with E-state index in [1.807, 2.05) is 29.5 Å². The lowest BCUT2D eigenvalue weighted by Crippen LogP contribution is -2.50. The molecule has 0 saturated carbocycles. The molecule has 186 valence electrons. The summed E-state index contributed by atoms with van der Waals surface area (Å²) in [5.74, 6) is -1.32. The molecule has 0 aromatic heterocycles. The molecule has 2 rings (SSSR count). The van der Waals surface area contributed by atoms with Gasteiger partial charge in [-0.3, -0.25) is 9.59 Å². The molecule has 0 saturated heterocycles. The molecule has 0 unspecified atom stereocenters. The lowest BCUT2D eigenvalue weighted by molar-refractivity contribution is -0.348. The first-order valence-electron chi connectivity index (χ1n) is 9.96. The number of carbonyl (C=O) groups excluding carboxylic acids is 2. The number of halogens is 8. The van der Waals surface area contributed by atoms with Crippen molar-refractivity contribution in [1.82, 2.24) is 5.32 Å². The lowest BCUT2D eigenvalue weighted by Gasteiger charge is -2.30. The second-order valence-electron chi connectivity index (χ2n) is 7.41. The number of hydrogen-bond donors (Lipinski definition) is 2. The van der Waals surface area contributed by atoms with Crippen LogP contribution >= 0.6 is 22.6 Å². The van der Waals surface area contributed by atoms with Crippen LogP contribution in [0.5, 0.6) is 0 Å². The summed E-state index contributed by atoms with van der Waals surface area (Å²) in [6, 6.07) is 5.92. The molecule has 12 heteroatoms. The van der Waals surface area contributed by atoms with E-state index in [2.05, 4.69) is 10.6 Å². The van der Waals surface area contributed by atoms with Crippen molar-refractivity contribution < 1.29 is 40.3 Å². The summed E-state index contributed by atoms with van der Waals surface area (Å²) in [5.41, 5.74) is -7.59. The molecule has 4 nitrogen and oxygen atoms in total. The number of anilines is 1. The van der Waals surface area contributed by atoms with Gasteiger partial charge in [-0.1, -0.05) is 31.5 Å². The molecule has 0 aliphatic rings. The van der Waals surface area contributed by atoms with Crippen molar-refractivity contribution in [2.45, 2.75) is 44.7 Å². The number of nitrogens with one attached hydrogen (secondary N) is 2. The Morgan fingerprint density at radius 3 is 2.09 bits per heavy atom. The monoisotopic (exact) mass is 604 g/mol. The van der Waals surface area contributed by atoms with Crippen LogP contribution < -0.4 is 10.6 Å². The van der Waals surface area contributed by atoms with Gasteiger partial charge < -0.3 is 10.6 Å². The normalized spacial score (nSPS) is 12.4. The van der Waals surface area contributed by atoms with E-state index in [0.29, 0.717) is 28.7 Å². The van der Waals surface area contributed by atoms with Crippen LogP contribution in [0.4, 0.5) is 36.4 Å². The minimum Gasteiger partial charge on any atom is -0.352 e. The van der Waals surface area contributed by atoms with Crippen LogP contribution in [0.2, 0.25) is 0 Å². The van der Waals surface area contributed by atoms with Crippen LogP contribution in [0.1, 0.15) is 51.6 Å². The third-order valence-corrected chi connectivity index (χ3v) is 5.85. The average molecular weight is 604 g/mol. The molecule has 0 fully saturated rings.